The van der Waals surface area contributed by atoms with Gasteiger partial charge in [0.15, 0.2) is 5.13 Å². The van der Waals surface area contributed by atoms with Gasteiger partial charge in [0.2, 0.25) is 0 Å². The van der Waals surface area contributed by atoms with E-state index in [-0.39, 0.29) is 5.91 Å². The minimum absolute atomic E-state index is 0.138. The summed E-state index contributed by atoms with van der Waals surface area (Å²) in [4.78, 5) is 24.5. The molecule has 160 valence electrons. The monoisotopic (exact) mass is 442 g/mol. The second kappa shape index (κ2) is 7.60. The van der Waals surface area contributed by atoms with Gasteiger partial charge in [-0.3, -0.25) is 10.1 Å². The quantitative estimate of drug-likeness (QED) is 0.434. The largest absolute Gasteiger partial charge is 0.428 e. The van der Waals surface area contributed by atoms with E-state index in [9.17, 15) is 4.79 Å². The third-order valence-electron chi connectivity index (χ3n) is 6.11. The number of rotatable bonds is 5. The molecule has 0 spiro atoms. The molecule has 0 unspecified atom stereocenters. The van der Waals surface area contributed by atoms with Crippen molar-refractivity contribution in [2.45, 2.75) is 31.7 Å². The lowest BCUT2D eigenvalue weighted by atomic mass is 9.94. The predicted molar refractivity (Wildman–Crippen MR) is 127 cm³/mol. The van der Waals surface area contributed by atoms with E-state index in [1.165, 1.54) is 16.9 Å². The number of thiazole rings is 1. The van der Waals surface area contributed by atoms with Crippen LogP contribution in [0.5, 0.6) is 0 Å². The van der Waals surface area contributed by atoms with Crippen LogP contribution in [0.2, 0.25) is 0 Å². The first-order valence-electron chi connectivity index (χ1n) is 10.9. The second-order valence-electron chi connectivity index (χ2n) is 8.28. The van der Waals surface area contributed by atoms with Gasteiger partial charge in [-0.25, -0.2) is 4.98 Å². The highest BCUT2D eigenvalue weighted by molar-refractivity contribution is 7.22. The van der Waals surface area contributed by atoms with Crippen LogP contribution in [-0.2, 0) is 13.0 Å². The molecule has 1 saturated carbocycles. The average molecular weight is 443 g/mol. The molecule has 6 rings (SSSR count). The van der Waals surface area contributed by atoms with Crippen molar-refractivity contribution in [2.75, 3.05) is 16.8 Å². The number of anilines is 2. The van der Waals surface area contributed by atoms with E-state index < -0.39 is 0 Å². The van der Waals surface area contributed by atoms with Gasteiger partial charge in [-0.1, -0.05) is 42.2 Å². The highest BCUT2D eigenvalue weighted by Crippen LogP contribution is 2.43. The molecule has 0 atom stereocenters. The van der Waals surface area contributed by atoms with Crippen LogP contribution >= 0.6 is 11.3 Å². The van der Waals surface area contributed by atoms with Gasteiger partial charge in [0, 0.05) is 24.6 Å². The molecule has 1 amide bonds. The summed E-state index contributed by atoms with van der Waals surface area (Å²) in [5.74, 6) is 1.28. The summed E-state index contributed by atoms with van der Waals surface area (Å²) in [5.41, 5.74) is 4.61. The summed E-state index contributed by atoms with van der Waals surface area (Å²) in [5, 5.41) is 3.61. The smallest absolute Gasteiger partial charge is 0.298 e. The van der Waals surface area contributed by atoms with Crippen molar-refractivity contribution in [3.63, 3.8) is 0 Å². The van der Waals surface area contributed by atoms with Gasteiger partial charge in [-0.2, -0.15) is 4.98 Å². The molecule has 0 saturated heterocycles. The number of para-hydroxylation sites is 1. The maximum atomic E-state index is 13.2. The van der Waals surface area contributed by atoms with E-state index in [4.69, 9.17) is 4.42 Å². The van der Waals surface area contributed by atoms with E-state index in [2.05, 4.69) is 32.8 Å². The van der Waals surface area contributed by atoms with Gasteiger partial charge in [0.1, 0.15) is 11.5 Å². The normalized spacial score (nSPS) is 15.6. The molecule has 6 nitrogen and oxygen atoms in total. The number of hydrogen-bond acceptors (Lipinski definition) is 6. The van der Waals surface area contributed by atoms with Gasteiger partial charge in [-0.05, 0) is 54.7 Å². The second-order valence-corrected chi connectivity index (χ2v) is 9.31. The third-order valence-corrected chi connectivity index (χ3v) is 7.07. The molecule has 2 aliphatic rings. The number of benzene rings is 2. The predicted octanol–water partition coefficient (Wildman–Crippen LogP) is 5.62. The van der Waals surface area contributed by atoms with E-state index in [1.807, 2.05) is 36.4 Å². The van der Waals surface area contributed by atoms with Crippen molar-refractivity contribution in [1.82, 2.24) is 9.97 Å². The molecular formula is C25H22N4O2S. The Morgan fingerprint density at radius 1 is 1.19 bits per heavy atom. The highest BCUT2D eigenvalue weighted by Gasteiger charge is 2.32. The molecule has 1 N–H and O–H groups in total. The lowest BCUT2D eigenvalue weighted by molar-refractivity contribution is 0.102. The van der Waals surface area contributed by atoms with E-state index in [1.54, 1.807) is 6.08 Å². The Labute approximate surface area is 189 Å². The highest BCUT2D eigenvalue weighted by atomic mass is 32.1. The minimum Gasteiger partial charge on any atom is -0.428 e. The van der Waals surface area contributed by atoms with Crippen LogP contribution in [0.4, 0.5) is 11.1 Å². The molecule has 1 fully saturated rings. The Morgan fingerprint density at radius 2 is 2.06 bits per heavy atom. The zero-order chi connectivity index (χ0) is 21.7. The Morgan fingerprint density at radius 3 is 2.88 bits per heavy atom. The molecule has 7 heteroatoms. The van der Waals surface area contributed by atoms with Gasteiger partial charge >= 0.3 is 0 Å². The zero-order valence-electron chi connectivity index (χ0n) is 17.5. The average Bonchev–Trinajstić information content (AvgIpc) is 3.44. The molecule has 3 heterocycles. The number of amides is 1. The van der Waals surface area contributed by atoms with Gasteiger partial charge < -0.3 is 9.32 Å². The topological polar surface area (TPSA) is 71.3 Å². The van der Waals surface area contributed by atoms with Crippen molar-refractivity contribution in [3.8, 4) is 0 Å². The van der Waals surface area contributed by atoms with Crippen molar-refractivity contribution in [2.24, 2.45) is 0 Å². The standard InChI is InChI=1S/C25H22N4O2S/c1-2-19-22(16-10-11-16)31-25(27-19)29-13-12-15-6-5-7-17(18(15)14-29)23(30)28-24-26-20-8-3-4-9-21(20)32-24/h2-9,16H,1,10-14H2,(H,26,28,30). The van der Waals surface area contributed by atoms with Crippen LogP contribution in [0, 0.1) is 0 Å². The minimum atomic E-state index is -0.138. The fourth-order valence-corrected chi connectivity index (χ4v) is 5.16. The molecule has 0 radical (unpaired) electrons. The van der Waals surface area contributed by atoms with Crippen molar-refractivity contribution in [3.05, 3.63) is 77.2 Å². The molecule has 32 heavy (non-hydrogen) atoms. The molecule has 1 aliphatic carbocycles. The number of carbonyl (C=O) groups excluding carboxylic acids is 1. The maximum absolute atomic E-state index is 13.2. The van der Waals surface area contributed by atoms with Gasteiger partial charge in [0.25, 0.3) is 11.9 Å². The number of nitrogens with one attached hydrogen (secondary N) is 1. The molecule has 4 aromatic rings. The van der Waals surface area contributed by atoms with Crippen LogP contribution in [-0.4, -0.2) is 22.4 Å². The Balaban J connectivity index is 1.28. The summed E-state index contributed by atoms with van der Waals surface area (Å²) in [7, 11) is 0. The summed E-state index contributed by atoms with van der Waals surface area (Å²) < 4.78 is 7.20. The first-order chi connectivity index (χ1) is 15.7. The van der Waals surface area contributed by atoms with Gasteiger partial charge in [0.05, 0.1) is 10.2 Å². The van der Waals surface area contributed by atoms with Crippen LogP contribution in [0.1, 0.15) is 51.7 Å². The number of nitrogens with zero attached hydrogens (tertiary/aromatic N) is 3. The lowest BCUT2D eigenvalue weighted by Gasteiger charge is -2.28. The number of oxazole rings is 1. The first kappa shape index (κ1) is 19.3. The molecule has 2 aromatic carbocycles. The van der Waals surface area contributed by atoms with Crippen LogP contribution in [0.3, 0.4) is 0 Å². The van der Waals surface area contributed by atoms with E-state index in [0.29, 0.717) is 29.2 Å². The molecule has 2 aromatic heterocycles. The number of carbonyl (C=O) groups is 1. The third kappa shape index (κ3) is 3.39. The van der Waals surface area contributed by atoms with Crippen molar-refractivity contribution < 1.29 is 9.21 Å². The lowest BCUT2D eigenvalue weighted by Crippen LogP contribution is -2.32. The van der Waals surface area contributed by atoms with E-state index in [0.717, 1.165) is 53.0 Å². The fourth-order valence-electron chi connectivity index (χ4n) is 4.30. The summed E-state index contributed by atoms with van der Waals surface area (Å²) in [6.45, 7) is 5.28. The Hall–Kier alpha value is -3.45. The van der Waals surface area contributed by atoms with Crippen LogP contribution < -0.4 is 10.2 Å². The summed E-state index contributed by atoms with van der Waals surface area (Å²) >= 11 is 1.48. The van der Waals surface area contributed by atoms with Crippen molar-refractivity contribution >= 4 is 44.7 Å². The SMILES string of the molecule is C=Cc1nc(N2CCc3cccc(C(=O)Nc4nc5ccccc5s4)c3C2)oc1C1CC1. The summed E-state index contributed by atoms with van der Waals surface area (Å²) in [6, 6.07) is 14.4. The Bertz CT molecular complexity index is 1320. The van der Waals surface area contributed by atoms with Crippen LogP contribution in [0.25, 0.3) is 16.3 Å². The fraction of sp³-hybridized carbons (Fsp3) is 0.240. The Kier molecular flexibility index (Phi) is 4.57. The van der Waals surface area contributed by atoms with Crippen LogP contribution in [0.15, 0.2) is 53.5 Å². The molecular weight excluding hydrogens is 420 g/mol. The first-order valence-corrected chi connectivity index (χ1v) is 11.7. The summed E-state index contributed by atoms with van der Waals surface area (Å²) in [6.07, 6.45) is 4.90. The van der Waals surface area contributed by atoms with Crippen molar-refractivity contribution in [1.29, 1.82) is 0 Å². The van der Waals surface area contributed by atoms with E-state index >= 15 is 0 Å². The molecule has 1 aliphatic heterocycles. The number of fused-ring (bicyclic) bond motifs is 2. The zero-order valence-corrected chi connectivity index (χ0v) is 18.3. The number of hydrogen-bond donors (Lipinski definition) is 1. The number of aromatic nitrogens is 2. The van der Waals surface area contributed by atoms with Gasteiger partial charge in [-0.15, -0.1) is 0 Å². The molecule has 0 bridgehead atoms. The maximum Gasteiger partial charge on any atom is 0.298 e.